The highest BCUT2D eigenvalue weighted by Crippen LogP contribution is 2.49. The Balaban J connectivity index is 1.43. The lowest BCUT2D eigenvalue weighted by molar-refractivity contribution is -0.117. The average molecular weight is 284 g/mol. The molecule has 1 aliphatic heterocycles. The number of hydrogen-bond donors (Lipinski definition) is 2. The molecule has 3 aliphatic rings. The van der Waals surface area contributed by atoms with Gasteiger partial charge in [-0.3, -0.25) is 4.79 Å². The summed E-state index contributed by atoms with van der Waals surface area (Å²) in [5.41, 5.74) is 3.71. The zero-order valence-corrected chi connectivity index (χ0v) is 12.5. The lowest BCUT2D eigenvalue weighted by Crippen LogP contribution is -2.26. The van der Waals surface area contributed by atoms with Crippen molar-refractivity contribution >= 4 is 11.6 Å². The fraction of sp³-hybridized carbons (Fsp3) is 0.611. The van der Waals surface area contributed by atoms with Crippen molar-refractivity contribution < 1.29 is 4.79 Å². The van der Waals surface area contributed by atoms with Gasteiger partial charge in [-0.1, -0.05) is 18.6 Å². The SMILES string of the molecule is O=C(CC1CC2CCC1C2)Nc1cccc2c1CCNC2. The summed E-state index contributed by atoms with van der Waals surface area (Å²) in [4.78, 5) is 12.4. The molecule has 4 rings (SSSR count). The molecule has 2 saturated carbocycles. The first-order chi connectivity index (χ1) is 10.3. The van der Waals surface area contributed by atoms with Crippen LogP contribution in [0.5, 0.6) is 0 Å². The number of rotatable bonds is 3. The Morgan fingerprint density at radius 3 is 3.05 bits per heavy atom. The minimum Gasteiger partial charge on any atom is -0.326 e. The van der Waals surface area contributed by atoms with E-state index in [1.165, 1.54) is 36.8 Å². The predicted octanol–water partition coefficient (Wildman–Crippen LogP) is 3.10. The molecule has 112 valence electrons. The van der Waals surface area contributed by atoms with Crippen LogP contribution in [0.3, 0.4) is 0 Å². The van der Waals surface area contributed by atoms with E-state index in [0.717, 1.165) is 43.5 Å². The summed E-state index contributed by atoms with van der Waals surface area (Å²) in [6.07, 6.45) is 7.17. The van der Waals surface area contributed by atoms with E-state index in [0.29, 0.717) is 5.92 Å². The molecule has 0 radical (unpaired) electrons. The van der Waals surface area contributed by atoms with Crippen LogP contribution in [-0.4, -0.2) is 12.5 Å². The molecular weight excluding hydrogens is 260 g/mol. The van der Waals surface area contributed by atoms with E-state index in [1.54, 1.807) is 0 Å². The van der Waals surface area contributed by atoms with Gasteiger partial charge in [0.15, 0.2) is 0 Å². The Morgan fingerprint density at radius 1 is 1.29 bits per heavy atom. The summed E-state index contributed by atoms with van der Waals surface area (Å²) in [7, 11) is 0. The number of amides is 1. The van der Waals surface area contributed by atoms with Gasteiger partial charge >= 0.3 is 0 Å². The van der Waals surface area contributed by atoms with Crippen LogP contribution < -0.4 is 10.6 Å². The van der Waals surface area contributed by atoms with Crippen LogP contribution in [0, 0.1) is 17.8 Å². The molecule has 1 aromatic rings. The molecule has 1 aromatic carbocycles. The molecule has 0 saturated heterocycles. The molecule has 3 heteroatoms. The van der Waals surface area contributed by atoms with Gasteiger partial charge in [-0.2, -0.15) is 0 Å². The van der Waals surface area contributed by atoms with Gasteiger partial charge in [0.1, 0.15) is 0 Å². The van der Waals surface area contributed by atoms with Crippen molar-refractivity contribution in [3.05, 3.63) is 29.3 Å². The Kier molecular flexibility index (Phi) is 3.46. The van der Waals surface area contributed by atoms with E-state index >= 15 is 0 Å². The molecule has 2 N–H and O–H groups in total. The van der Waals surface area contributed by atoms with Crippen molar-refractivity contribution in [2.45, 2.75) is 45.1 Å². The van der Waals surface area contributed by atoms with E-state index in [2.05, 4.69) is 28.8 Å². The van der Waals surface area contributed by atoms with Crippen LogP contribution in [0.2, 0.25) is 0 Å². The monoisotopic (exact) mass is 284 g/mol. The van der Waals surface area contributed by atoms with Gasteiger partial charge in [0, 0.05) is 18.7 Å². The van der Waals surface area contributed by atoms with Crippen molar-refractivity contribution in [2.24, 2.45) is 17.8 Å². The van der Waals surface area contributed by atoms with Crippen molar-refractivity contribution in [1.29, 1.82) is 0 Å². The van der Waals surface area contributed by atoms with Crippen molar-refractivity contribution in [3.63, 3.8) is 0 Å². The lowest BCUT2D eigenvalue weighted by atomic mass is 9.86. The first-order valence-electron chi connectivity index (χ1n) is 8.41. The molecule has 2 fully saturated rings. The van der Waals surface area contributed by atoms with E-state index in [-0.39, 0.29) is 5.91 Å². The van der Waals surface area contributed by atoms with Gasteiger partial charge in [-0.05, 0) is 67.2 Å². The van der Waals surface area contributed by atoms with Crippen LogP contribution in [0.25, 0.3) is 0 Å². The maximum Gasteiger partial charge on any atom is 0.224 e. The summed E-state index contributed by atoms with van der Waals surface area (Å²) < 4.78 is 0. The molecule has 0 spiro atoms. The lowest BCUT2D eigenvalue weighted by Gasteiger charge is -2.23. The zero-order chi connectivity index (χ0) is 14.2. The molecular formula is C18H24N2O. The summed E-state index contributed by atoms with van der Waals surface area (Å²) >= 11 is 0. The molecule has 1 amide bonds. The summed E-state index contributed by atoms with van der Waals surface area (Å²) in [5.74, 6) is 2.61. The van der Waals surface area contributed by atoms with Crippen molar-refractivity contribution in [3.8, 4) is 0 Å². The molecule has 3 atom stereocenters. The topological polar surface area (TPSA) is 41.1 Å². The number of fused-ring (bicyclic) bond motifs is 3. The Morgan fingerprint density at radius 2 is 2.24 bits per heavy atom. The zero-order valence-electron chi connectivity index (χ0n) is 12.5. The number of anilines is 1. The molecule has 1 heterocycles. The van der Waals surface area contributed by atoms with Gasteiger partial charge in [0.2, 0.25) is 5.91 Å². The summed E-state index contributed by atoms with van der Waals surface area (Å²) in [6.45, 7) is 1.93. The van der Waals surface area contributed by atoms with Crippen LogP contribution in [-0.2, 0) is 17.8 Å². The van der Waals surface area contributed by atoms with Gasteiger partial charge in [-0.25, -0.2) is 0 Å². The Bertz CT molecular complexity index is 554. The second-order valence-corrected chi connectivity index (χ2v) is 7.06. The van der Waals surface area contributed by atoms with Crippen LogP contribution in [0.15, 0.2) is 18.2 Å². The fourth-order valence-corrected chi connectivity index (χ4v) is 4.71. The standard InChI is InChI=1S/C18H24N2O/c21-18(10-15-9-12-4-5-13(15)8-12)20-17-3-1-2-14-11-19-7-6-16(14)17/h1-3,12-13,15,19H,4-11H2,(H,20,21). The number of carbonyl (C=O) groups is 1. The molecule has 3 unspecified atom stereocenters. The van der Waals surface area contributed by atoms with Crippen LogP contribution in [0.1, 0.15) is 43.2 Å². The average Bonchev–Trinajstić information content (AvgIpc) is 3.10. The molecule has 2 bridgehead atoms. The summed E-state index contributed by atoms with van der Waals surface area (Å²) in [6, 6.07) is 6.27. The number of hydrogen-bond acceptors (Lipinski definition) is 2. The third-order valence-electron chi connectivity index (χ3n) is 5.75. The third-order valence-corrected chi connectivity index (χ3v) is 5.75. The smallest absolute Gasteiger partial charge is 0.224 e. The summed E-state index contributed by atoms with van der Waals surface area (Å²) in [5, 5.41) is 6.58. The largest absolute Gasteiger partial charge is 0.326 e. The van der Waals surface area contributed by atoms with E-state index in [1.807, 2.05) is 0 Å². The highest BCUT2D eigenvalue weighted by molar-refractivity contribution is 5.92. The van der Waals surface area contributed by atoms with Gasteiger partial charge in [-0.15, -0.1) is 0 Å². The fourth-order valence-electron chi connectivity index (χ4n) is 4.71. The van der Waals surface area contributed by atoms with E-state index in [9.17, 15) is 4.79 Å². The number of carbonyl (C=O) groups excluding carboxylic acids is 1. The molecule has 2 aliphatic carbocycles. The van der Waals surface area contributed by atoms with Crippen molar-refractivity contribution in [1.82, 2.24) is 5.32 Å². The van der Waals surface area contributed by atoms with E-state index < -0.39 is 0 Å². The van der Waals surface area contributed by atoms with Gasteiger partial charge in [0.25, 0.3) is 0 Å². The maximum absolute atomic E-state index is 12.4. The number of benzene rings is 1. The normalized spacial score (nSPS) is 30.2. The highest BCUT2D eigenvalue weighted by atomic mass is 16.1. The first-order valence-corrected chi connectivity index (χ1v) is 8.41. The quantitative estimate of drug-likeness (QED) is 0.895. The third kappa shape index (κ3) is 2.59. The second-order valence-electron chi connectivity index (χ2n) is 7.06. The van der Waals surface area contributed by atoms with Gasteiger partial charge in [0.05, 0.1) is 0 Å². The minimum absolute atomic E-state index is 0.222. The second kappa shape index (κ2) is 5.45. The van der Waals surface area contributed by atoms with Gasteiger partial charge < -0.3 is 10.6 Å². The highest BCUT2D eigenvalue weighted by Gasteiger charge is 2.40. The van der Waals surface area contributed by atoms with Crippen LogP contribution in [0.4, 0.5) is 5.69 Å². The van der Waals surface area contributed by atoms with E-state index in [4.69, 9.17) is 0 Å². The number of nitrogens with one attached hydrogen (secondary N) is 2. The molecule has 21 heavy (non-hydrogen) atoms. The van der Waals surface area contributed by atoms with Crippen LogP contribution >= 0.6 is 0 Å². The molecule has 3 nitrogen and oxygen atoms in total. The molecule has 0 aromatic heterocycles. The maximum atomic E-state index is 12.4. The van der Waals surface area contributed by atoms with Crippen molar-refractivity contribution in [2.75, 3.05) is 11.9 Å². The predicted molar refractivity (Wildman–Crippen MR) is 84.0 cm³/mol. The Hall–Kier alpha value is -1.35. The first kappa shape index (κ1) is 13.3. The minimum atomic E-state index is 0.222. The Labute approximate surface area is 126 Å².